The summed E-state index contributed by atoms with van der Waals surface area (Å²) in [7, 11) is 0. The summed E-state index contributed by atoms with van der Waals surface area (Å²) in [6, 6.07) is 0. The van der Waals surface area contributed by atoms with E-state index in [-0.39, 0.29) is 17.5 Å². The average Bonchev–Trinajstić information content (AvgIpc) is 2.97. The topological polar surface area (TPSA) is 109 Å². The number of aromatic carboxylic acids is 1. The summed E-state index contributed by atoms with van der Waals surface area (Å²) in [6.45, 7) is 4.43. The lowest BCUT2D eigenvalue weighted by atomic mass is 9.97. The maximum atomic E-state index is 11.9. The summed E-state index contributed by atoms with van der Waals surface area (Å²) in [5, 5.41) is 21.9. The van der Waals surface area contributed by atoms with Crippen LogP contribution in [0.5, 0.6) is 0 Å². The van der Waals surface area contributed by atoms with Crippen LogP contribution in [0.2, 0.25) is 0 Å². The molecule has 3 N–H and O–H groups in total. The highest BCUT2D eigenvalue weighted by atomic mass is 16.4. The standard InChI is InChI=1S/C11H17N5O3/c1-7-4-12-5-8(7)10(17)13-2-3-16-6-9(11(18)19)14-15-16/h6-8,12H,2-5H2,1H3,(H,13,17)(H,18,19)/t7-,8-/m1/s1. The summed E-state index contributed by atoms with van der Waals surface area (Å²) >= 11 is 0. The minimum Gasteiger partial charge on any atom is -0.476 e. The Labute approximate surface area is 110 Å². The molecule has 2 rings (SSSR count). The Hall–Kier alpha value is -1.96. The fourth-order valence-electron chi connectivity index (χ4n) is 2.09. The molecule has 2 atom stereocenters. The summed E-state index contributed by atoms with van der Waals surface area (Å²) in [5.74, 6) is -0.743. The highest BCUT2D eigenvalue weighted by Crippen LogP contribution is 2.15. The van der Waals surface area contributed by atoms with Crippen molar-refractivity contribution in [3.8, 4) is 0 Å². The second-order valence-electron chi connectivity index (χ2n) is 4.71. The van der Waals surface area contributed by atoms with Crippen molar-refractivity contribution in [3.05, 3.63) is 11.9 Å². The zero-order valence-corrected chi connectivity index (χ0v) is 10.7. The van der Waals surface area contributed by atoms with Crippen LogP contribution >= 0.6 is 0 Å². The molecular formula is C11H17N5O3. The molecule has 0 radical (unpaired) electrons. The van der Waals surface area contributed by atoms with E-state index in [0.29, 0.717) is 25.6 Å². The number of hydrogen-bond acceptors (Lipinski definition) is 5. The van der Waals surface area contributed by atoms with Gasteiger partial charge in [0.15, 0.2) is 5.69 Å². The van der Waals surface area contributed by atoms with Crippen LogP contribution in [0.25, 0.3) is 0 Å². The molecule has 1 aliphatic heterocycles. The van der Waals surface area contributed by atoms with Crippen LogP contribution in [0.15, 0.2) is 6.20 Å². The Morgan fingerprint density at radius 1 is 1.58 bits per heavy atom. The normalized spacial score (nSPS) is 22.4. The quantitative estimate of drug-likeness (QED) is 0.628. The number of amides is 1. The molecular weight excluding hydrogens is 250 g/mol. The predicted molar refractivity (Wildman–Crippen MR) is 65.5 cm³/mol. The molecule has 1 aromatic heterocycles. The monoisotopic (exact) mass is 267 g/mol. The minimum atomic E-state index is -1.11. The van der Waals surface area contributed by atoms with Crippen molar-refractivity contribution in [2.45, 2.75) is 13.5 Å². The van der Waals surface area contributed by atoms with Crippen molar-refractivity contribution in [2.24, 2.45) is 11.8 Å². The maximum absolute atomic E-state index is 11.9. The molecule has 1 amide bonds. The lowest BCUT2D eigenvalue weighted by Crippen LogP contribution is -2.36. The van der Waals surface area contributed by atoms with Crippen LogP contribution in [0.1, 0.15) is 17.4 Å². The molecule has 2 heterocycles. The van der Waals surface area contributed by atoms with E-state index < -0.39 is 5.97 Å². The van der Waals surface area contributed by atoms with E-state index in [0.717, 1.165) is 6.54 Å². The smallest absolute Gasteiger partial charge is 0.358 e. The zero-order chi connectivity index (χ0) is 13.8. The summed E-state index contributed by atoms with van der Waals surface area (Å²) in [4.78, 5) is 22.5. The number of rotatable bonds is 5. The van der Waals surface area contributed by atoms with Crippen LogP contribution in [0.4, 0.5) is 0 Å². The molecule has 8 heteroatoms. The van der Waals surface area contributed by atoms with Crippen molar-refractivity contribution in [1.29, 1.82) is 0 Å². The molecule has 0 spiro atoms. The third-order valence-electron chi connectivity index (χ3n) is 3.25. The van der Waals surface area contributed by atoms with Gasteiger partial charge in [-0.1, -0.05) is 12.1 Å². The molecule has 104 valence electrons. The Bertz CT molecular complexity index is 473. The Kier molecular flexibility index (Phi) is 4.10. The first-order valence-electron chi connectivity index (χ1n) is 6.20. The maximum Gasteiger partial charge on any atom is 0.358 e. The second kappa shape index (κ2) is 5.79. The van der Waals surface area contributed by atoms with Crippen LogP contribution in [-0.4, -0.2) is 51.6 Å². The number of carbonyl (C=O) groups excluding carboxylic acids is 1. The molecule has 8 nitrogen and oxygen atoms in total. The SMILES string of the molecule is C[C@@H]1CNC[C@H]1C(=O)NCCn1cc(C(=O)O)nn1. The van der Waals surface area contributed by atoms with E-state index in [1.165, 1.54) is 10.9 Å². The van der Waals surface area contributed by atoms with Crippen LogP contribution in [0, 0.1) is 11.8 Å². The molecule has 1 aromatic rings. The molecule has 0 aromatic carbocycles. The fraction of sp³-hybridized carbons (Fsp3) is 0.636. The Balaban J connectivity index is 1.76. The number of nitrogens with zero attached hydrogens (tertiary/aromatic N) is 3. The van der Waals surface area contributed by atoms with Crippen molar-refractivity contribution >= 4 is 11.9 Å². The summed E-state index contributed by atoms with van der Waals surface area (Å²) in [5.41, 5.74) is -0.0973. The van der Waals surface area contributed by atoms with Gasteiger partial charge in [-0.3, -0.25) is 4.79 Å². The van der Waals surface area contributed by atoms with E-state index in [9.17, 15) is 9.59 Å². The first-order valence-corrected chi connectivity index (χ1v) is 6.20. The van der Waals surface area contributed by atoms with Crippen LogP contribution in [-0.2, 0) is 11.3 Å². The summed E-state index contributed by atoms with van der Waals surface area (Å²) < 4.78 is 1.40. The number of carboxylic acids is 1. The molecule has 19 heavy (non-hydrogen) atoms. The number of carboxylic acid groups (broad SMARTS) is 1. The van der Waals surface area contributed by atoms with Gasteiger partial charge in [0.25, 0.3) is 0 Å². The highest BCUT2D eigenvalue weighted by Gasteiger charge is 2.29. The Morgan fingerprint density at radius 2 is 2.37 bits per heavy atom. The number of carbonyl (C=O) groups is 2. The van der Waals surface area contributed by atoms with E-state index in [1.54, 1.807) is 0 Å². The Morgan fingerprint density at radius 3 is 2.95 bits per heavy atom. The van der Waals surface area contributed by atoms with Crippen molar-refractivity contribution in [3.63, 3.8) is 0 Å². The van der Waals surface area contributed by atoms with Crippen molar-refractivity contribution in [1.82, 2.24) is 25.6 Å². The average molecular weight is 267 g/mol. The van der Waals surface area contributed by atoms with E-state index in [4.69, 9.17) is 5.11 Å². The molecule has 1 aliphatic rings. The van der Waals surface area contributed by atoms with Gasteiger partial charge in [-0.05, 0) is 12.5 Å². The predicted octanol–water partition coefficient (Wildman–Crippen LogP) is -1.05. The third kappa shape index (κ3) is 3.28. The van der Waals surface area contributed by atoms with Gasteiger partial charge < -0.3 is 15.7 Å². The van der Waals surface area contributed by atoms with E-state index in [1.807, 2.05) is 6.92 Å². The summed E-state index contributed by atoms with van der Waals surface area (Å²) in [6.07, 6.45) is 1.34. The zero-order valence-electron chi connectivity index (χ0n) is 10.7. The van der Waals surface area contributed by atoms with Gasteiger partial charge in [0.05, 0.1) is 18.7 Å². The molecule has 0 aliphatic carbocycles. The first-order chi connectivity index (χ1) is 9.08. The van der Waals surface area contributed by atoms with Gasteiger partial charge in [0.2, 0.25) is 5.91 Å². The van der Waals surface area contributed by atoms with Gasteiger partial charge in [-0.2, -0.15) is 0 Å². The largest absolute Gasteiger partial charge is 0.476 e. The first kappa shape index (κ1) is 13.5. The van der Waals surface area contributed by atoms with Crippen LogP contribution in [0.3, 0.4) is 0 Å². The number of hydrogen-bond donors (Lipinski definition) is 3. The third-order valence-corrected chi connectivity index (χ3v) is 3.25. The lowest BCUT2D eigenvalue weighted by molar-refractivity contribution is -0.125. The van der Waals surface area contributed by atoms with Gasteiger partial charge >= 0.3 is 5.97 Å². The molecule has 0 bridgehead atoms. The molecule has 1 saturated heterocycles. The van der Waals surface area contributed by atoms with Crippen molar-refractivity contribution < 1.29 is 14.7 Å². The van der Waals surface area contributed by atoms with E-state index in [2.05, 4.69) is 20.9 Å². The minimum absolute atomic E-state index is 0.00493. The molecule has 0 unspecified atom stereocenters. The molecule has 0 saturated carbocycles. The second-order valence-corrected chi connectivity index (χ2v) is 4.71. The fourth-order valence-corrected chi connectivity index (χ4v) is 2.09. The highest BCUT2D eigenvalue weighted by molar-refractivity contribution is 5.84. The van der Waals surface area contributed by atoms with Crippen molar-refractivity contribution in [2.75, 3.05) is 19.6 Å². The van der Waals surface area contributed by atoms with Gasteiger partial charge in [0, 0.05) is 13.1 Å². The number of nitrogens with one attached hydrogen (secondary N) is 2. The lowest BCUT2D eigenvalue weighted by Gasteiger charge is -2.13. The van der Waals surface area contributed by atoms with Gasteiger partial charge in [0.1, 0.15) is 0 Å². The van der Waals surface area contributed by atoms with Gasteiger partial charge in [-0.15, -0.1) is 5.10 Å². The number of aromatic nitrogens is 3. The molecule has 1 fully saturated rings. The van der Waals surface area contributed by atoms with Crippen LogP contribution < -0.4 is 10.6 Å². The van der Waals surface area contributed by atoms with E-state index >= 15 is 0 Å². The van der Waals surface area contributed by atoms with Gasteiger partial charge in [-0.25, -0.2) is 9.48 Å².